The van der Waals surface area contributed by atoms with Crippen molar-refractivity contribution >= 4 is 39.9 Å². The van der Waals surface area contributed by atoms with Gasteiger partial charge in [0.05, 0.1) is 22.0 Å². The Morgan fingerprint density at radius 2 is 2.03 bits per heavy atom. The molecule has 0 bridgehead atoms. The molecule has 5 rings (SSSR count). The minimum Gasteiger partial charge on any atom is -0.492 e. The van der Waals surface area contributed by atoms with Crippen LogP contribution in [0.5, 0.6) is 5.88 Å². The topological polar surface area (TPSA) is 73.1 Å². The van der Waals surface area contributed by atoms with Crippen LogP contribution in [-0.2, 0) is 12.6 Å². The van der Waals surface area contributed by atoms with Gasteiger partial charge in [0.2, 0.25) is 5.88 Å². The summed E-state index contributed by atoms with van der Waals surface area (Å²) in [6.07, 6.45) is -3.06. The summed E-state index contributed by atoms with van der Waals surface area (Å²) in [6.45, 7) is 5.60. The number of halogens is 4. The first-order valence-corrected chi connectivity index (χ1v) is 12.6. The molecule has 11 heteroatoms. The van der Waals surface area contributed by atoms with Gasteiger partial charge < -0.3 is 15.3 Å². The van der Waals surface area contributed by atoms with Crippen molar-refractivity contribution in [2.75, 3.05) is 18.0 Å². The second kappa shape index (κ2) is 9.49. The fourth-order valence-electron chi connectivity index (χ4n) is 4.47. The van der Waals surface area contributed by atoms with E-state index in [1.807, 2.05) is 6.07 Å². The van der Waals surface area contributed by atoms with Crippen LogP contribution in [0.25, 0.3) is 5.57 Å². The van der Waals surface area contributed by atoms with E-state index in [0.29, 0.717) is 32.7 Å². The number of piperazine rings is 1. The van der Waals surface area contributed by atoms with Gasteiger partial charge in [0, 0.05) is 42.2 Å². The van der Waals surface area contributed by atoms with Gasteiger partial charge in [0.1, 0.15) is 0 Å². The number of hydrogen-bond donors (Lipinski definition) is 2. The lowest BCUT2D eigenvalue weighted by molar-refractivity contribution is -0.138. The Bertz CT molecular complexity index is 1470. The maximum Gasteiger partial charge on any atom is 0.416 e. The minimum atomic E-state index is -4.58. The van der Waals surface area contributed by atoms with E-state index < -0.39 is 11.7 Å². The summed E-state index contributed by atoms with van der Waals surface area (Å²) in [4.78, 5) is 6.97. The highest BCUT2D eigenvalue weighted by molar-refractivity contribution is 7.17. The van der Waals surface area contributed by atoms with E-state index in [2.05, 4.69) is 39.3 Å². The predicted octanol–water partition coefficient (Wildman–Crippen LogP) is 4.12. The highest BCUT2D eigenvalue weighted by Gasteiger charge is 2.34. The van der Waals surface area contributed by atoms with Crippen LogP contribution in [0.2, 0.25) is 5.02 Å². The van der Waals surface area contributed by atoms with Crippen molar-refractivity contribution in [2.45, 2.75) is 38.5 Å². The van der Waals surface area contributed by atoms with Crippen molar-refractivity contribution in [3.63, 3.8) is 0 Å². The number of alkyl halides is 3. The molecular weight excluding hydrogens is 511 g/mol. The summed E-state index contributed by atoms with van der Waals surface area (Å²) < 4.78 is 41.7. The number of fused-ring (bicyclic) bond motifs is 1. The molecule has 2 aliphatic rings. The number of nitrogens with one attached hydrogen (secondary N) is 1. The van der Waals surface area contributed by atoms with Gasteiger partial charge >= 0.3 is 6.18 Å². The SMILES string of the molecule is C[C@H]1CN(c2nc(O)c(C(Cc3ccc(Cl)cc3C(F)(F)F)=c3ccc4c(c3)C=NN=4)s2)[C@@H](C)CN1. The third-order valence-corrected chi connectivity index (χ3v) is 7.74. The molecule has 3 heterocycles. The largest absolute Gasteiger partial charge is 0.492 e. The molecule has 0 radical (unpaired) electrons. The summed E-state index contributed by atoms with van der Waals surface area (Å²) in [6, 6.07) is 9.52. The molecule has 2 aromatic carbocycles. The number of nitrogens with zero attached hydrogens (tertiary/aromatic N) is 4. The summed E-state index contributed by atoms with van der Waals surface area (Å²) in [5, 5.41) is 24.3. The molecule has 0 aliphatic carbocycles. The van der Waals surface area contributed by atoms with E-state index in [0.717, 1.165) is 18.2 Å². The van der Waals surface area contributed by atoms with Crippen LogP contribution in [-0.4, -0.2) is 41.5 Å². The summed E-state index contributed by atoms with van der Waals surface area (Å²) in [7, 11) is 0. The Labute approximate surface area is 214 Å². The number of benzene rings is 2. The van der Waals surface area contributed by atoms with Crippen molar-refractivity contribution in [2.24, 2.45) is 10.2 Å². The molecule has 1 aromatic heterocycles. The standard InChI is InChI=1S/C25H23ClF3N5OS/c1-13-12-34(14(2)10-30-13)24-32-23(35)22(36-24)19(15-4-6-21-17(7-15)11-31-33-21)8-16-3-5-18(26)9-20(16)25(27,28)29/h3-7,9,11,13-14,30,35H,8,10,12H2,1-2H3/t13-,14-/m0/s1. The van der Waals surface area contributed by atoms with Gasteiger partial charge in [-0.05, 0) is 54.5 Å². The van der Waals surface area contributed by atoms with Crippen molar-refractivity contribution in [3.8, 4) is 5.88 Å². The second-order valence-electron chi connectivity index (χ2n) is 9.03. The van der Waals surface area contributed by atoms with Crippen LogP contribution in [0.3, 0.4) is 0 Å². The van der Waals surface area contributed by atoms with Crippen molar-refractivity contribution in [1.29, 1.82) is 0 Å². The highest BCUT2D eigenvalue weighted by Crippen LogP contribution is 2.40. The molecule has 3 aromatic rings. The average Bonchev–Trinajstić information content (AvgIpc) is 3.45. The highest BCUT2D eigenvalue weighted by atomic mass is 35.5. The summed E-state index contributed by atoms with van der Waals surface area (Å²) in [5.41, 5.74) is 0.534. The van der Waals surface area contributed by atoms with E-state index in [4.69, 9.17) is 11.6 Å². The summed E-state index contributed by atoms with van der Waals surface area (Å²) in [5.74, 6) is -0.204. The number of rotatable bonds is 4. The fraction of sp³-hybridized carbons (Fsp3) is 0.320. The van der Waals surface area contributed by atoms with Gasteiger partial charge in [-0.3, -0.25) is 0 Å². The van der Waals surface area contributed by atoms with Crippen LogP contribution >= 0.6 is 22.9 Å². The van der Waals surface area contributed by atoms with Crippen molar-refractivity contribution < 1.29 is 18.3 Å². The van der Waals surface area contributed by atoms with Crippen LogP contribution in [0.15, 0.2) is 46.6 Å². The van der Waals surface area contributed by atoms with Crippen LogP contribution < -0.4 is 20.8 Å². The first-order chi connectivity index (χ1) is 17.1. The van der Waals surface area contributed by atoms with Crippen molar-refractivity contribution in [3.05, 3.63) is 73.6 Å². The van der Waals surface area contributed by atoms with E-state index in [1.165, 1.54) is 23.5 Å². The van der Waals surface area contributed by atoms with E-state index in [9.17, 15) is 18.3 Å². The first kappa shape index (κ1) is 24.7. The third kappa shape index (κ3) is 4.85. The zero-order chi connectivity index (χ0) is 25.6. The van der Waals surface area contributed by atoms with E-state index >= 15 is 0 Å². The van der Waals surface area contributed by atoms with Crippen LogP contribution in [0.1, 0.15) is 35.4 Å². The van der Waals surface area contributed by atoms with Crippen molar-refractivity contribution in [1.82, 2.24) is 10.3 Å². The van der Waals surface area contributed by atoms with E-state index in [-0.39, 0.29) is 35.0 Å². The fourth-order valence-corrected chi connectivity index (χ4v) is 5.78. The lowest BCUT2D eigenvalue weighted by atomic mass is 9.96. The Morgan fingerprint density at radius 3 is 2.81 bits per heavy atom. The molecule has 1 fully saturated rings. The van der Waals surface area contributed by atoms with Gasteiger partial charge in [-0.1, -0.05) is 35.1 Å². The minimum absolute atomic E-state index is 0.00715. The van der Waals surface area contributed by atoms with Gasteiger partial charge in [0.15, 0.2) is 5.13 Å². The predicted molar refractivity (Wildman–Crippen MR) is 136 cm³/mol. The van der Waals surface area contributed by atoms with Crippen LogP contribution in [0.4, 0.5) is 18.3 Å². The summed E-state index contributed by atoms with van der Waals surface area (Å²) >= 11 is 7.19. The molecule has 0 unspecified atom stereocenters. The zero-order valence-corrected chi connectivity index (χ0v) is 21.0. The average molecular weight is 534 g/mol. The lowest BCUT2D eigenvalue weighted by Gasteiger charge is -2.37. The lowest BCUT2D eigenvalue weighted by Crippen LogP contribution is -2.54. The van der Waals surface area contributed by atoms with E-state index in [1.54, 1.807) is 18.3 Å². The third-order valence-electron chi connectivity index (χ3n) is 6.36. The smallest absolute Gasteiger partial charge is 0.416 e. The van der Waals surface area contributed by atoms with Gasteiger partial charge in [-0.2, -0.15) is 28.4 Å². The molecule has 0 saturated carbocycles. The molecule has 188 valence electrons. The second-order valence-corrected chi connectivity index (χ2v) is 10.4. The molecule has 36 heavy (non-hydrogen) atoms. The molecule has 0 spiro atoms. The Hall–Kier alpha value is -2.95. The number of aromatic nitrogens is 1. The molecule has 2 atom stereocenters. The Morgan fingerprint density at radius 1 is 1.22 bits per heavy atom. The van der Waals surface area contributed by atoms with Gasteiger partial charge in [0.25, 0.3) is 0 Å². The quantitative estimate of drug-likeness (QED) is 0.529. The number of aromatic hydroxyl groups is 1. The van der Waals surface area contributed by atoms with Gasteiger partial charge in [-0.25, -0.2) is 0 Å². The molecule has 2 N–H and O–H groups in total. The number of anilines is 1. The normalized spacial score (nSPS) is 20.3. The molecule has 6 nitrogen and oxygen atoms in total. The first-order valence-electron chi connectivity index (χ1n) is 11.4. The zero-order valence-electron chi connectivity index (χ0n) is 19.5. The number of hydrogen-bond acceptors (Lipinski definition) is 7. The molecule has 2 aliphatic heterocycles. The maximum absolute atomic E-state index is 13.9. The number of thiazole rings is 1. The Kier molecular flexibility index (Phi) is 6.52. The molecule has 1 saturated heterocycles. The molecule has 0 amide bonds. The molecular formula is C25H23ClF3N5OS. The monoisotopic (exact) mass is 533 g/mol. The Balaban J connectivity index is 1.67. The van der Waals surface area contributed by atoms with Crippen LogP contribution in [0, 0.1) is 0 Å². The maximum atomic E-state index is 13.9. The van der Waals surface area contributed by atoms with Gasteiger partial charge in [-0.15, -0.1) is 0 Å².